The molecule has 0 aliphatic heterocycles. The number of benzene rings is 1. The first-order valence-electron chi connectivity index (χ1n) is 9.44. The maximum atomic E-state index is 11.4. The molecule has 0 heterocycles. The van der Waals surface area contributed by atoms with Gasteiger partial charge >= 0.3 is 0 Å². The van der Waals surface area contributed by atoms with Crippen molar-refractivity contribution in [3.05, 3.63) is 35.4 Å². The minimum absolute atomic E-state index is 0. The van der Waals surface area contributed by atoms with Gasteiger partial charge in [0.05, 0.1) is 5.75 Å². The number of halogens is 1. The Labute approximate surface area is 182 Å². The predicted molar refractivity (Wildman–Crippen MR) is 124 cm³/mol. The van der Waals surface area contributed by atoms with Crippen LogP contribution in [0.2, 0.25) is 0 Å². The molecule has 0 radical (unpaired) electrons. The quantitative estimate of drug-likeness (QED) is 0.363. The Morgan fingerprint density at radius 2 is 1.70 bits per heavy atom. The third-order valence-corrected chi connectivity index (χ3v) is 6.00. The van der Waals surface area contributed by atoms with Crippen molar-refractivity contribution >= 4 is 39.8 Å². The fourth-order valence-electron chi connectivity index (χ4n) is 3.61. The van der Waals surface area contributed by atoms with Crippen molar-refractivity contribution in [2.45, 2.75) is 44.9 Å². The molecule has 1 aromatic rings. The molecule has 0 unspecified atom stereocenters. The molecule has 0 bridgehead atoms. The lowest BCUT2D eigenvalue weighted by Crippen LogP contribution is -2.41. The molecule has 0 amide bonds. The summed E-state index contributed by atoms with van der Waals surface area (Å²) in [6.07, 6.45) is 6.55. The number of sulfone groups is 1. The minimum Gasteiger partial charge on any atom is -0.352 e. The monoisotopic (exact) mass is 507 g/mol. The lowest BCUT2D eigenvalue weighted by molar-refractivity contribution is 0.250. The molecule has 1 saturated carbocycles. The van der Waals surface area contributed by atoms with Crippen LogP contribution in [0.15, 0.2) is 29.3 Å². The van der Waals surface area contributed by atoms with E-state index in [1.165, 1.54) is 31.9 Å². The van der Waals surface area contributed by atoms with Crippen LogP contribution in [0.1, 0.15) is 43.7 Å². The highest BCUT2D eigenvalue weighted by Gasteiger charge is 2.20. The predicted octanol–water partition coefficient (Wildman–Crippen LogP) is 3.68. The fraction of sp³-hybridized carbons (Fsp3) is 0.650. The van der Waals surface area contributed by atoms with Gasteiger partial charge in [-0.3, -0.25) is 4.99 Å². The van der Waals surface area contributed by atoms with Crippen molar-refractivity contribution in [3.8, 4) is 0 Å². The van der Waals surface area contributed by atoms with E-state index in [4.69, 9.17) is 0 Å². The Morgan fingerprint density at radius 3 is 2.22 bits per heavy atom. The first-order valence-corrected chi connectivity index (χ1v) is 11.5. The van der Waals surface area contributed by atoms with Crippen LogP contribution in [-0.2, 0) is 22.1 Å². The molecule has 0 spiro atoms. The number of aliphatic imine (C=N–C) groups is 1. The zero-order valence-corrected chi connectivity index (χ0v) is 20.1. The van der Waals surface area contributed by atoms with Crippen molar-refractivity contribution < 1.29 is 8.42 Å². The Balaban J connectivity index is 0.00000364. The van der Waals surface area contributed by atoms with E-state index in [0.29, 0.717) is 6.54 Å². The van der Waals surface area contributed by atoms with Gasteiger partial charge < -0.3 is 10.2 Å². The van der Waals surface area contributed by atoms with Gasteiger partial charge in [0.25, 0.3) is 0 Å². The number of guanidine groups is 1. The smallest absolute Gasteiger partial charge is 0.193 e. The van der Waals surface area contributed by atoms with Gasteiger partial charge in [-0.2, -0.15) is 0 Å². The van der Waals surface area contributed by atoms with Gasteiger partial charge in [-0.1, -0.05) is 44.0 Å². The van der Waals surface area contributed by atoms with E-state index in [2.05, 4.69) is 29.2 Å². The molecule has 7 heteroatoms. The van der Waals surface area contributed by atoms with Crippen LogP contribution >= 0.6 is 24.0 Å². The average Bonchev–Trinajstić information content (AvgIpc) is 2.57. The van der Waals surface area contributed by atoms with E-state index in [1.807, 2.05) is 31.3 Å². The van der Waals surface area contributed by atoms with E-state index < -0.39 is 9.84 Å². The van der Waals surface area contributed by atoms with Crippen LogP contribution in [-0.4, -0.2) is 46.2 Å². The van der Waals surface area contributed by atoms with Crippen molar-refractivity contribution in [3.63, 3.8) is 0 Å². The van der Waals surface area contributed by atoms with Gasteiger partial charge in [-0.05, 0) is 35.8 Å². The minimum atomic E-state index is -2.99. The molecule has 1 aromatic carbocycles. The van der Waals surface area contributed by atoms with Gasteiger partial charge in [-0.15, -0.1) is 24.0 Å². The summed E-state index contributed by atoms with van der Waals surface area (Å²) in [4.78, 5) is 6.62. The summed E-state index contributed by atoms with van der Waals surface area (Å²) in [6.45, 7) is 4.07. The molecule has 0 saturated heterocycles. The molecule has 1 N–H and O–H groups in total. The summed E-state index contributed by atoms with van der Waals surface area (Å²) in [5.74, 6) is 2.62. The Kier molecular flexibility index (Phi) is 10.1. The van der Waals surface area contributed by atoms with Gasteiger partial charge in [0, 0.05) is 33.4 Å². The largest absolute Gasteiger partial charge is 0.352 e. The molecular weight excluding hydrogens is 473 g/mol. The van der Waals surface area contributed by atoms with Crippen LogP contribution in [0.3, 0.4) is 0 Å². The number of hydrogen-bond donors (Lipinski definition) is 1. The lowest BCUT2D eigenvalue weighted by atomic mass is 9.83. The number of rotatable bonds is 6. The van der Waals surface area contributed by atoms with E-state index in [1.54, 1.807) is 0 Å². The zero-order valence-electron chi connectivity index (χ0n) is 16.9. The summed E-state index contributed by atoms with van der Waals surface area (Å²) in [5, 5.41) is 3.41. The molecule has 27 heavy (non-hydrogen) atoms. The third-order valence-electron chi connectivity index (χ3n) is 5.14. The van der Waals surface area contributed by atoms with Gasteiger partial charge in [0.15, 0.2) is 15.8 Å². The van der Waals surface area contributed by atoms with Gasteiger partial charge in [-0.25, -0.2) is 8.42 Å². The highest BCUT2D eigenvalue weighted by atomic mass is 127. The molecule has 2 rings (SSSR count). The summed E-state index contributed by atoms with van der Waals surface area (Å²) in [6, 6.07) is 7.72. The second kappa shape index (κ2) is 11.2. The molecule has 1 fully saturated rings. The second-order valence-electron chi connectivity index (χ2n) is 7.79. The summed E-state index contributed by atoms with van der Waals surface area (Å²) < 4.78 is 22.7. The summed E-state index contributed by atoms with van der Waals surface area (Å²) >= 11 is 0. The van der Waals surface area contributed by atoms with Gasteiger partial charge in [0.2, 0.25) is 0 Å². The van der Waals surface area contributed by atoms with Gasteiger partial charge in [0.1, 0.15) is 0 Å². The SMILES string of the molecule is CN=C(NCc1ccc(CS(C)(=O)=O)cc1)N(C)CC1CCC(C)CC1.I. The Hall–Kier alpha value is -0.830. The van der Waals surface area contributed by atoms with Crippen molar-refractivity contribution in [1.29, 1.82) is 0 Å². The normalized spacial score (nSPS) is 20.7. The highest BCUT2D eigenvalue weighted by Crippen LogP contribution is 2.28. The first-order chi connectivity index (χ1) is 12.3. The molecule has 5 nitrogen and oxygen atoms in total. The number of nitrogens with one attached hydrogen (secondary N) is 1. The standard InChI is InChI=1S/C20H33N3O2S.HI/c1-16-5-7-18(8-6-16)14-23(3)20(21-2)22-13-17-9-11-19(12-10-17)15-26(4,24)25;/h9-12,16,18H,5-8,13-15H2,1-4H3,(H,21,22);1H. The Morgan fingerprint density at radius 1 is 1.15 bits per heavy atom. The van der Waals surface area contributed by atoms with E-state index in [0.717, 1.165) is 35.5 Å². The number of hydrogen-bond acceptors (Lipinski definition) is 3. The van der Waals surface area contributed by atoms with E-state index in [9.17, 15) is 8.42 Å². The van der Waals surface area contributed by atoms with E-state index >= 15 is 0 Å². The lowest BCUT2D eigenvalue weighted by Gasteiger charge is -2.31. The van der Waals surface area contributed by atoms with Crippen LogP contribution in [0.4, 0.5) is 0 Å². The Bertz CT molecular complexity index is 696. The fourth-order valence-corrected chi connectivity index (χ4v) is 4.41. The highest BCUT2D eigenvalue weighted by molar-refractivity contribution is 14.0. The van der Waals surface area contributed by atoms with Crippen LogP contribution in [0.25, 0.3) is 0 Å². The molecule has 0 aromatic heterocycles. The maximum absolute atomic E-state index is 11.4. The maximum Gasteiger partial charge on any atom is 0.193 e. The van der Waals surface area contributed by atoms with Crippen LogP contribution < -0.4 is 5.32 Å². The third kappa shape index (κ3) is 8.81. The topological polar surface area (TPSA) is 61.8 Å². The van der Waals surface area contributed by atoms with Crippen LogP contribution in [0, 0.1) is 11.8 Å². The molecule has 154 valence electrons. The second-order valence-corrected chi connectivity index (χ2v) is 9.93. The van der Waals surface area contributed by atoms with E-state index in [-0.39, 0.29) is 29.7 Å². The molecule has 1 aliphatic rings. The molecular formula is C20H34IN3O2S. The number of nitrogens with zero attached hydrogens (tertiary/aromatic N) is 2. The molecule has 0 atom stereocenters. The van der Waals surface area contributed by atoms with Crippen LogP contribution in [0.5, 0.6) is 0 Å². The first kappa shape index (κ1) is 24.2. The van der Waals surface area contributed by atoms with Crippen molar-refractivity contribution in [2.75, 3.05) is 26.9 Å². The zero-order chi connectivity index (χ0) is 19.2. The average molecular weight is 507 g/mol. The van der Waals surface area contributed by atoms with Crippen molar-refractivity contribution in [1.82, 2.24) is 10.2 Å². The van der Waals surface area contributed by atoms with Crippen molar-refractivity contribution in [2.24, 2.45) is 16.8 Å². The summed E-state index contributed by atoms with van der Waals surface area (Å²) in [7, 11) is 0.926. The molecule has 1 aliphatic carbocycles. The summed E-state index contributed by atoms with van der Waals surface area (Å²) in [5.41, 5.74) is 1.94.